The first-order valence-corrected chi connectivity index (χ1v) is 6.20. The van der Waals surface area contributed by atoms with Crippen molar-refractivity contribution in [3.63, 3.8) is 0 Å². The summed E-state index contributed by atoms with van der Waals surface area (Å²) in [5.41, 5.74) is 6.94. The van der Waals surface area contributed by atoms with Crippen LogP contribution < -0.4 is 5.73 Å². The van der Waals surface area contributed by atoms with Crippen molar-refractivity contribution < 1.29 is 4.39 Å². The molecule has 0 aliphatic rings. The molecule has 1 aromatic carbocycles. The molecule has 0 aliphatic heterocycles. The predicted molar refractivity (Wildman–Crippen MR) is 67.2 cm³/mol. The summed E-state index contributed by atoms with van der Waals surface area (Å²) in [7, 11) is 0. The van der Waals surface area contributed by atoms with E-state index in [9.17, 15) is 4.39 Å². The molecule has 1 nitrogen and oxygen atoms in total. The van der Waals surface area contributed by atoms with E-state index in [1.807, 2.05) is 0 Å². The maximum atomic E-state index is 12.8. The summed E-state index contributed by atoms with van der Waals surface area (Å²) in [5, 5.41) is 0.478. The van der Waals surface area contributed by atoms with Crippen LogP contribution in [0.2, 0.25) is 5.02 Å². The molecule has 3 heteroatoms. The number of benzene rings is 1. The maximum absolute atomic E-state index is 12.8. The van der Waals surface area contributed by atoms with E-state index in [1.54, 1.807) is 6.07 Å². The molecule has 0 fully saturated rings. The van der Waals surface area contributed by atoms with E-state index < -0.39 is 0 Å². The van der Waals surface area contributed by atoms with Crippen LogP contribution >= 0.6 is 11.6 Å². The molecule has 0 amide bonds. The van der Waals surface area contributed by atoms with Crippen LogP contribution in [0.1, 0.15) is 38.2 Å². The van der Waals surface area contributed by atoms with Gasteiger partial charge in [-0.1, -0.05) is 43.9 Å². The van der Waals surface area contributed by atoms with Crippen molar-refractivity contribution in [1.82, 2.24) is 0 Å². The lowest BCUT2D eigenvalue weighted by molar-refractivity contribution is 0.556. The lowest BCUT2D eigenvalue weighted by atomic mass is 10.0. The van der Waals surface area contributed by atoms with Crippen molar-refractivity contribution in [2.45, 2.75) is 45.1 Å². The summed E-state index contributed by atoms with van der Waals surface area (Å²) < 4.78 is 12.8. The lowest BCUT2D eigenvalue weighted by Crippen LogP contribution is -2.22. The monoisotopic (exact) mass is 243 g/mol. The number of hydrogen-bond acceptors (Lipinski definition) is 1. The average Bonchev–Trinajstić information content (AvgIpc) is 2.23. The Labute approximate surface area is 102 Å². The molecular weight excluding hydrogens is 225 g/mol. The number of rotatable bonds is 6. The standard InChI is InChI=1S/C13H19ClFN/c1-2-3-4-5-12(16)8-10-6-7-11(15)9-13(10)14/h6-7,9,12H,2-5,8,16H2,1H3. The van der Waals surface area contributed by atoms with Crippen molar-refractivity contribution in [1.29, 1.82) is 0 Å². The zero-order valence-corrected chi connectivity index (χ0v) is 10.4. The van der Waals surface area contributed by atoms with Crippen LogP contribution in [0.3, 0.4) is 0 Å². The second kappa shape index (κ2) is 6.87. The second-order valence-corrected chi connectivity index (χ2v) is 4.60. The summed E-state index contributed by atoms with van der Waals surface area (Å²) >= 11 is 5.94. The van der Waals surface area contributed by atoms with E-state index in [0.29, 0.717) is 5.02 Å². The molecule has 0 radical (unpaired) electrons. The Morgan fingerprint density at radius 1 is 1.38 bits per heavy atom. The molecule has 16 heavy (non-hydrogen) atoms. The summed E-state index contributed by atoms with van der Waals surface area (Å²) in [4.78, 5) is 0. The molecule has 0 aliphatic carbocycles. The van der Waals surface area contributed by atoms with Crippen LogP contribution in [0.15, 0.2) is 18.2 Å². The minimum absolute atomic E-state index is 0.120. The van der Waals surface area contributed by atoms with Crippen LogP contribution in [-0.2, 0) is 6.42 Å². The van der Waals surface area contributed by atoms with Gasteiger partial charge in [-0.3, -0.25) is 0 Å². The van der Waals surface area contributed by atoms with E-state index in [-0.39, 0.29) is 11.9 Å². The number of hydrogen-bond donors (Lipinski definition) is 1. The topological polar surface area (TPSA) is 26.0 Å². The van der Waals surface area contributed by atoms with E-state index in [0.717, 1.165) is 24.8 Å². The smallest absolute Gasteiger partial charge is 0.124 e. The first-order chi connectivity index (χ1) is 7.63. The van der Waals surface area contributed by atoms with Gasteiger partial charge in [-0.15, -0.1) is 0 Å². The molecule has 1 atom stereocenters. The van der Waals surface area contributed by atoms with Gasteiger partial charge in [0.2, 0.25) is 0 Å². The van der Waals surface area contributed by atoms with Gasteiger partial charge in [-0.05, 0) is 30.5 Å². The molecule has 1 rings (SSSR count). The van der Waals surface area contributed by atoms with Crippen molar-refractivity contribution >= 4 is 11.6 Å². The highest BCUT2D eigenvalue weighted by Crippen LogP contribution is 2.19. The molecule has 0 heterocycles. The molecule has 1 aromatic rings. The van der Waals surface area contributed by atoms with E-state index in [1.165, 1.54) is 25.0 Å². The highest BCUT2D eigenvalue weighted by atomic mass is 35.5. The summed E-state index contributed by atoms with van der Waals surface area (Å²) in [5.74, 6) is -0.298. The van der Waals surface area contributed by atoms with Gasteiger partial charge in [0.1, 0.15) is 5.82 Å². The van der Waals surface area contributed by atoms with Gasteiger partial charge in [-0.25, -0.2) is 4.39 Å². The fourth-order valence-electron chi connectivity index (χ4n) is 1.73. The Morgan fingerprint density at radius 3 is 2.75 bits per heavy atom. The third-order valence-electron chi connectivity index (χ3n) is 2.68. The minimum Gasteiger partial charge on any atom is -0.327 e. The Balaban J connectivity index is 2.46. The van der Waals surface area contributed by atoms with Crippen LogP contribution in [0.4, 0.5) is 4.39 Å². The van der Waals surface area contributed by atoms with Crippen LogP contribution in [-0.4, -0.2) is 6.04 Å². The van der Waals surface area contributed by atoms with E-state index in [4.69, 9.17) is 17.3 Å². The third kappa shape index (κ3) is 4.50. The van der Waals surface area contributed by atoms with Gasteiger partial charge in [0.05, 0.1) is 0 Å². The normalized spacial score (nSPS) is 12.8. The summed E-state index contributed by atoms with van der Waals surface area (Å²) in [6, 6.07) is 4.61. The van der Waals surface area contributed by atoms with Gasteiger partial charge in [-0.2, -0.15) is 0 Å². The fourth-order valence-corrected chi connectivity index (χ4v) is 1.97. The molecule has 0 saturated heterocycles. The van der Waals surface area contributed by atoms with Gasteiger partial charge < -0.3 is 5.73 Å². The van der Waals surface area contributed by atoms with Gasteiger partial charge in [0.25, 0.3) is 0 Å². The number of halogens is 2. The van der Waals surface area contributed by atoms with Gasteiger partial charge in [0.15, 0.2) is 0 Å². The fraction of sp³-hybridized carbons (Fsp3) is 0.538. The van der Waals surface area contributed by atoms with Gasteiger partial charge in [0, 0.05) is 11.1 Å². The predicted octanol–water partition coefficient (Wildman–Crippen LogP) is 3.93. The first kappa shape index (κ1) is 13.5. The van der Waals surface area contributed by atoms with E-state index >= 15 is 0 Å². The number of unbranched alkanes of at least 4 members (excludes halogenated alkanes) is 2. The average molecular weight is 244 g/mol. The van der Waals surface area contributed by atoms with Crippen molar-refractivity contribution in [2.75, 3.05) is 0 Å². The molecule has 1 unspecified atom stereocenters. The lowest BCUT2D eigenvalue weighted by Gasteiger charge is -2.12. The second-order valence-electron chi connectivity index (χ2n) is 4.20. The molecule has 0 spiro atoms. The molecule has 0 saturated carbocycles. The zero-order chi connectivity index (χ0) is 12.0. The molecule has 0 aromatic heterocycles. The highest BCUT2D eigenvalue weighted by Gasteiger charge is 2.07. The van der Waals surface area contributed by atoms with Crippen LogP contribution in [0.5, 0.6) is 0 Å². The molecule has 2 N–H and O–H groups in total. The Morgan fingerprint density at radius 2 is 2.12 bits per heavy atom. The third-order valence-corrected chi connectivity index (χ3v) is 3.03. The van der Waals surface area contributed by atoms with Crippen molar-refractivity contribution in [3.8, 4) is 0 Å². The highest BCUT2D eigenvalue weighted by molar-refractivity contribution is 6.31. The Hall–Kier alpha value is -0.600. The zero-order valence-electron chi connectivity index (χ0n) is 9.68. The Kier molecular flexibility index (Phi) is 5.78. The summed E-state index contributed by atoms with van der Waals surface area (Å²) in [6.45, 7) is 2.17. The SMILES string of the molecule is CCCCCC(N)Cc1ccc(F)cc1Cl. The van der Waals surface area contributed by atoms with Crippen LogP contribution in [0, 0.1) is 5.82 Å². The van der Waals surface area contributed by atoms with Crippen molar-refractivity contribution in [3.05, 3.63) is 34.6 Å². The molecule has 0 bridgehead atoms. The first-order valence-electron chi connectivity index (χ1n) is 5.83. The van der Waals surface area contributed by atoms with E-state index in [2.05, 4.69) is 6.92 Å². The largest absolute Gasteiger partial charge is 0.327 e. The minimum atomic E-state index is -0.298. The van der Waals surface area contributed by atoms with Crippen molar-refractivity contribution in [2.24, 2.45) is 5.73 Å². The molecule has 90 valence electrons. The van der Waals surface area contributed by atoms with Gasteiger partial charge >= 0.3 is 0 Å². The van der Waals surface area contributed by atoms with Crippen LogP contribution in [0.25, 0.3) is 0 Å². The Bertz CT molecular complexity index is 328. The number of nitrogens with two attached hydrogens (primary N) is 1. The summed E-state index contributed by atoms with van der Waals surface area (Å²) in [6.07, 6.45) is 5.29. The molecular formula is C13H19ClFN. The quantitative estimate of drug-likeness (QED) is 0.753. The maximum Gasteiger partial charge on any atom is 0.124 e.